The number of hydrogen-bond donors (Lipinski definition) is 0. The quantitative estimate of drug-likeness (QED) is 0.706. The molecule has 0 aliphatic carbocycles. The molecule has 0 aromatic carbocycles. The number of aromatic nitrogens is 1. The lowest BCUT2D eigenvalue weighted by Crippen LogP contribution is -2.06. The molecule has 1 unspecified atom stereocenters. The highest BCUT2D eigenvalue weighted by Gasteiger charge is 2.18. The second-order valence-corrected chi connectivity index (χ2v) is 5.63. The molecule has 3 nitrogen and oxygen atoms in total. The van der Waals surface area contributed by atoms with Gasteiger partial charge in [-0.3, -0.25) is 0 Å². The summed E-state index contributed by atoms with van der Waals surface area (Å²) in [6.45, 7) is 1.65. The van der Waals surface area contributed by atoms with E-state index in [4.69, 9.17) is 0 Å². The molecule has 0 bridgehead atoms. The van der Waals surface area contributed by atoms with Gasteiger partial charge in [0.15, 0.2) is 9.84 Å². The first-order valence-corrected chi connectivity index (χ1v) is 5.93. The van der Waals surface area contributed by atoms with Gasteiger partial charge in [0, 0.05) is 17.8 Å². The van der Waals surface area contributed by atoms with Crippen molar-refractivity contribution in [3.8, 4) is 0 Å². The van der Waals surface area contributed by atoms with Crippen molar-refractivity contribution in [2.75, 3.05) is 6.26 Å². The van der Waals surface area contributed by atoms with Gasteiger partial charge in [-0.05, 0) is 6.92 Å². The summed E-state index contributed by atoms with van der Waals surface area (Å²) in [5.74, 6) is 0. The lowest BCUT2D eigenvalue weighted by atomic mass is 10.5. The molecule has 0 aliphatic rings. The van der Waals surface area contributed by atoms with Gasteiger partial charge >= 0.3 is 0 Å². The first-order chi connectivity index (χ1) is 5.02. The summed E-state index contributed by atoms with van der Waals surface area (Å²) in [7, 11) is -2.98. The Balaban J connectivity index is 2.97. The summed E-state index contributed by atoms with van der Waals surface area (Å²) in [6, 6.07) is 0. The van der Waals surface area contributed by atoms with Crippen molar-refractivity contribution in [3.05, 3.63) is 16.6 Å². The minimum absolute atomic E-state index is 0.470. The lowest BCUT2D eigenvalue weighted by Gasteiger charge is -2.03. The van der Waals surface area contributed by atoms with Gasteiger partial charge < -0.3 is 0 Å². The van der Waals surface area contributed by atoms with Crippen molar-refractivity contribution in [1.29, 1.82) is 0 Å². The topological polar surface area (TPSA) is 47.0 Å². The number of sulfone groups is 1. The molecule has 0 saturated carbocycles. The molecule has 0 N–H and O–H groups in total. The Morgan fingerprint density at radius 3 is 2.64 bits per heavy atom. The van der Waals surface area contributed by atoms with Gasteiger partial charge in [-0.2, -0.15) is 0 Å². The van der Waals surface area contributed by atoms with Gasteiger partial charge in [-0.15, -0.1) is 11.3 Å². The molecular formula is C6H9NO2S2. The van der Waals surface area contributed by atoms with Crippen LogP contribution < -0.4 is 0 Å². The molecule has 11 heavy (non-hydrogen) atoms. The predicted molar refractivity (Wildman–Crippen MR) is 45.4 cm³/mol. The molecule has 5 heteroatoms. The first kappa shape index (κ1) is 8.67. The van der Waals surface area contributed by atoms with E-state index >= 15 is 0 Å². The van der Waals surface area contributed by atoms with E-state index in [0.29, 0.717) is 5.01 Å². The van der Waals surface area contributed by atoms with Crippen LogP contribution >= 0.6 is 11.3 Å². The Labute approximate surface area is 70.0 Å². The molecule has 0 amide bonds. The summed E-state index contributed by atoms with van der Waals surface area (Å²) in [5.41, 5.74) is 0. The highest BCUT2D eigenvalue weighted by molar-refractivity contribution is 7.91. The van der Waals surface area contributed by atoms with Crippen LogP contribution in [-0.2, 0) is 9.84 Å². The van der Waals surface area contributed by atoms with Crippen molar-refractivity contribution < 1.29 is 8.42 Å². The van der Waals surface area contributed by atoms with Crippen molar-refractivity contribution >= 4 is 21.2 Å². The van der Waals surface area contributed by atoms with E-state index < -0.39 is 15.1 Å². The molecule has 1 rings (SSSR count). The largest absolute Gasteiger partial charge is 0.248 e. The van der Waals surface area contributed by atoms with Crippen LogP contribution in [0.4, 0.5) is 0 Å². The standard InChI is InChI=1S/C6H9NO2S2/c1-5(11(2,8)9)6-7-3-4-10-6/h3-5H,1-2H3. The Morgan fingerprint density at radius 2 is 2.27 bits per heavy atom. The number of thiazole rings is 1. The fourth-order valence-electron chi connectivity index (χ4n) is 0.618. The highest BCUT2D eigenvalue weighted by Crippen LogP contribution is 2.21. The Kier molecular flexibility index (Phi) is 2.29. The summed E-state index contributed by atoms with van der Waals surface area (Å²) >= 11 is 1.37. The number of rotatable bonds is 2. The maximum absolute atomic E-state index is 11.0. The second-order valence-electron chi connectivity index (χ2n) is 2.34. The third kappa shape index (κ3) is 2.00. The molecule has 0 saturated heterocycles. The summed E-state index contributed by atoms with van der Waals surface area (Å²) in [5, 5.41) is 1.96. The van der Waals surface area contributed by atoms with E-state index in [1.54, 1.807) is 18.5 Å². The Hall–Kier alpha value is -0.420. The Bertz CT molecular complexity index is 314. The van der Waals surface area contributed by atoms with Crippen LogP contribution in [0, 0.1) is 0 Å². The van der Waals surface area contributed by atoms with Crippen LogP contribution in [0.15, 0.2) is 11.6 Å². The first-order valence-electron chi connectivity index (χ1n) is 3.10. The molecule has 0 radical (unpaired) electrons. The zero-order valence-electron chi connectivity index (χ0n) is 6.31. The van der Waals surface area contributed by atoms with Gasteiger partial charge in [0.25, 0.3) is 0 Å². The van der Waals surface area contributed by atoms with E-state index in [1.807, 2.05) is 0 Å². The van der Waals surface area contributed by atoms with Crippen LogP contribution in [0.25, 0.3) is 0 Å². The van der Waals surface area contributed by atoms with E-state index in [-0.39, 0.29) is 0 Å². The molecule has 62 valence electrons. The fraction of sp³-hybridized carbons (Fsp3) is 0.500. The van der Waals surface area contributed by atoms with E-state index in [9.17, 15) is 8.42 Å². The maximum Gasteiger partial charge on any atom is 0.156 e. The third-order valence-electron chi connectivity index (χ3n) is 1.44. The lowest BCUT2D eigenvalue weighted by molar-refractivity contribution is 0.592. The van der Waals surface area contributed by atoms with Gasteiger partial charge in [0.1, 0.15) is 10.3 Å². The number of hydrogen-bond acceptors (Lipinski definition) is 4. The van der Waals surface area contributed by atoms with Crippen LogP contribution in [0.3, 0.4) is 0 Å². The Morgan fingerprint density at radius 1 is 1.64 bits per heavy atom. The average molecular weight is 191 g/mol. The van der Waals surface area contributed by atoms with Crippen molar-refractivity contribution in [2.45, 2.75) is 12.2 Å². The van der Waals surface area contributed by atoms with Crippen molar-refractivity contribution in [1.82, 2.24) is 4.98 Å². The highest BCUT2D eigenvalue weighted by atomic mass is 32.2. The zero-order valence-corrected chi connectivity index (χ0v) is 7.95. The molecular weight excluding hydrogens is 182 g/mol. The van der Waals surface area contributed by atoms with Crippen LogP contribution in [0.1, 0.15) is 17.2 Å². The average Bonchev–Trinajstić information content (AvgIpc) is 2.34. The SMILES string of the molecule is CC(c1nccs1)S(C)(=O)=O. The second kappa shape index (κ2) is 2.91. The fourth-order valence-corrected chi connectivity index (χ4v) is 2.31. The summed E-state index contributed by atoms with van der Waals surface area (Å²) < 4.78 is 22.0. The molecule has 0 aliphatic heterocycles. The van der Waals surface area contributed by atoms with Crippen LogP contribution in [0.2, 0.25) is 0 Å². The minimum Gasteiger partial charge on any atom is -0.248 e. The van der Waals surface area contributed by atoms with Crippen molar-refractivity contribution in [3.63, 3.8) is 0 Å². The normalized spacial score (nSPS) is 14.7. The van der Waals surface area contributed by atoms with E-state index in [2.05, 4.69) is 4.98 Å². The van der Waals surface area contributed by atoms with Gasteiger partial charge in [-0.25, -0.2) is 13.4 Å². The molecule has 0 fully saturated rings. The zero-order chi connectivity index (χ0) is 8.48. The monoisotopic (exact) mass is 191 g/mol. The molecule has 0 spiro atoms. The third-order valence-corrected chi connectivity index (χ3v) is 4.06. The number of nitrogens with zero attached hydrogens (tertiary/aromatic N) is 1. The molecule has 1 aromatic heterocycles. The van der Waals surface area contributed by atoms with Gasteiger partial charge in [-0.1, -0.05) is 0 Å². The molecule has 1 aromatic rings. The smallest absolute Gasteiger partial charge is 0.156 e. The van der Waals surface area contributed by atoms with Crippen LogP contribution in [0.5, 0.6) is 0 Å². The van der Waals surface area contributed by atoms with E-state index in [1.165, 1.54) is 17.6 Å². The summed E-state index contributed by atoms with van der Waals surface area (Å²) in [6.07, 6.45) is 2.83. The van der Waals surface area contributed by atoms with Gasteiger partial charge in [0.2, 0.25) is 0 Å². The van der Waals surface area contributed by atoms with Crippen LogP contribution in [-0.4, -0.2) is 19.7 Å². The minimum atomic E-state index is -2.98. The van der Waals surface area contributed by atoms with E-state index in [0.717, 1.165) is 0 Å². The van der Waals surface area contributed by atoms with Crippen molar-refractivity contribution in [2.24, 2.45) is 0 Å². The molecule has 1 heterocycles. The molecule has 1 atom stereocenters. The predicted octanol–water partition coefficient (Wildman–Crippen LogP) is 1.25. The van der Waals surface area contributed by atoms with Gasteiger partial charge in [0.05, 0.1) is 0 Å². The summed E-state index contributed by atoms with van der Waals surface area (Å²) in [4.78, 5) is 3.92. The maximum atomic E-state index is 11.0.